The van der Waals surface area contributed by atoms with Crippen molar-refractivity contribution < 1.29 is 14.4 Å². The molecule has 0 N–H and O–H groups in total. The van der Waals surface area contributed by atoms with Crippen LogP contribution in [0.1, 0.15) is 11.1 Å². The summed E-state index contributed by atoms with van der Waals surface area (Å²) in [5.41, 5.74) is 1.09. The van der Waals surface area contributed by atoms with Gasteiger partial charge in [0.1, 0.15) is 17.6 Å². The third-order valence-corrected chi connectivity index (χ3v) is 2.83. The monoisotopic (exact) mass is 284 g/mol. The molecule has 0 saturated carbocycles. The lowest BCUT2D eigenvalue weighted by Crippen LogP contribution is -1.95. The highest BCUT2D eigenvalue weighted by molar-refractivity contribution is 5.53. The van der Waals surface area contributed by atoms with Crippen molar-refractivity contribution in [3.63, 3.8) is 0 Å². The second kappa shape index (κ2) is 5.92. The normalized spacial score (nSPS) is 9.76. The van der Waals surface area contributed by atoms with Crippen molar-refractivity contribution in [1.29, 1.82) is 5.26 Å². The molecule has 0 radical (unpaired) electrons. The number of nitro groups is 1. The fourth-order valence-electron chi connectivity index (χ4n) is 1.81. The van der Waals surface area contributed by atoms with E-state index in [0.717, 1.165) is 5.56 Å². The number of nitrogens with zero attached hydrogens (tertiary/aromatic N) is 2. The Balaban J connectivity index is 2.41. The van der Waals surface area contributed by atoms with Crippen LogP contribution in [0.3, 0.4) is 0 Å². The van der Waals surface area contributed by atoms with Gasteiger partial charge in [-0.2, -0.15) is 5.26 Å². The molecule has 2 aromatic carbocycles. The minimum Gasteiger partial charge on any atom is -0.490 e. The topological polar surface area (TPSA) is 85.4 Å². The highest BCUT2D eigenvalue weighted by atomic mass is 16.6. The van der Waals surface area contributed by atoms with Crippen molar-refractivity contribution in [2.75, 3.05) is 7.11 Å². The molecule has 0 heterocycles. The van der Waals surface area contributed by atoms with Gasteiger partial charge in [-0.1, -0.05) is 6.07 Å². The van der Waals surface area contributed by atoms with Gasteiger partial charge in [0, 0.05) is 0 Å². The van der Waals surface area contributed by atoms with Crippen molar-refractivity contribution in [2.45, 2.75) is 6.92 Å². The molecule has 6 nitrogen and oxygen atoms in total. The summed E-state index contributed by atoms with van der Waals surface area (Å²) in [6, 6.07) is 11.4. The number of rotatable bonds is 4. The van der Waals surface area contributed by atoms with Crippen LogP contribution in [0.4, 0.5) is 5.69 Å². The minimum absolute atomic E-state index is 0.150. The quantitative estimate of drug-likeness (QED) is 0.632. The van der Waals surface area contributed by atoms with Crippen molar-refractivity contribution in [3.05, 3.63) is 57.6 Å². The van der Waals surface area contributed by atoms with E-state index in [2.05, 4.69) is 0 Å². The Kier molecular flexibility index (Phi) is 4.05. The molecule has 0 aliphatic heterocycles. The smallest absolute Gasteiger partial charge is 0.314 e. The zero-order valence-electron chi connectivity index (χ0n) is 11.5. The molecule has 21 heavy (non-hydrogen) atoms. The molecule has 0 fully saturated rings. The fraction of sp³-hybridized carbons (Fsp3) is 0.133. The maximum absolute atomic E-state index is 11.0. The maximum atomic E-state index is 11.0. The van der Waals surface area contributed by atoms with Crippen molar-refractivity contribution in [2.24, 2.45) is 0 Å². The van der Waals surface area contributed by atoms with Crippen LogP contribution in [0.15, 0.2) is 36.4 Å². The van der Waals surface area contributed by atoms with E-state index in [-0.39, 0.29) is 17.2 Å². The van der Waals surface area contributed by atoms with Gasteiger partial charge >= 0.3 is 5.69 Å². The lowest BCUT2D eigenvalue weighted by molar-refractivity contribution is -0.385. The third kappa shape index (κ3) is 3.09. The van der Waals surface area contributed by atoms with Crippen LogP contribution < -0.4 is 9.47 Å². The van der Waals surface area contributed by atoms with Gasteiger partial charge in [-0.25, -0.2) is 0 Å². The SMILES string of the molecule is COc1ccc(Oc2cc(C)ccc2C#N)cc1[N+](=O)[O-]. The number of benzene rings is 2. The van der Waals surface area contributed by atoms with Gasteiger partial charge in [-0.15, -0.1) is 0 Å². The molecule has 0 saturated heterocycles. The van der Waals surface area contributed by atoms with Gasteiger partial charge in [0.15, 0.2) is 5.75 Å². The average Bonchev–Trinajstić information content (AvgIpc) is 2.47. The average molecular weight is 284 g/mol. The highest BCUT2D eigenvalue weighted by Gasteiger charge is 2.16. The second-order valence-electron chi connectivity index (χ2n) is 4.30. The van der Waals surface area contributed by atoms with E-state index in [4.69, 9.17) is 14.7 Å². The van der Waals surface area contributed by atoms with E-state index in [1.165, 1.54) is 19.2 Å². The van der Waals surface area contributed by atoms with Gasteiger partial charge < -0.3 is 9.47 Å². The van der Waals surface area contributed by atoms with Crippen molar-refractivity contribution >= 4 is 5.69 Å². The third-order valence-electron chi connectivity index (χ3n) is 2.83. The molecular weight excluding hydrogens is 272 g/mol. The van der Waals surface area contributed by atoms with Crippen LogP contribution in [-0.2, 0) is 0 Å². The Bertz CT molecular complexity index is 735. The molecule has 0 atom stereocenters. The van der Waals surface area contributed by atoms with E-state index in [9.17, 15) is 10.1 Å². The van der Waals surface area contributed by atoms with Gasteiger partial charge in [-0.3, -0.25) is 10.1 Å². The summed E-state index contributed by atoms with van der Waals surface area (Å²) in [5, 5.41) is 20.0. The summed E-state index contributed by atoms with van der Waals surface area (Å²) in [6.07, 6.45) is 0. The molecule has 0 bridgehead atoms. The van der Waals surface area contributed by atoms with Crippen molar-refractivity contribution in [3.8, 4) is 23.3 Å². The molecule has 6 heteroatoms. The molecule has 2 rings (SSSR count). The molecule has 0 aromatic heterocycles. The Morgan fingerprint density at radius 1 is 1.19 bits per heavy atom. The first-order chi connectivity index (χ1) is 10.0. The van der Waals surface area contributed by atoms with Crippen LogP contribution in [0, 0.1) is 28.4 Å². The number of aryl methyl sites for hydroxylation is 1. The molecule has 106 valence electrons. The molecule has 0 unspecified atom stereocenters. The summed E-state index contributed by atoms with van der Waals surface area (Å²) in [5.74, 6) is 0.777. The molecule has 0 aliphatic carbocycles. The van der Waals surface area contributed by atoms with E-state index >= 15 is 0 Å². The first-order valence-corrected chi connectivity index (χ1v) is 6.06. The molecular formula is C15H12N2O4. The van der Waals surface area contributed by atoms with Gasteiger partial charge in [0.05, 0.1) is 23.7 Å². The highest BCUT2D eigenvalue weighted by Crippen LogP contribution is 2.34. The largest absolute Gasteiger partial charge is 0.490 e. The minimum atomic E-state index is -0.548. The summed E-state index contributed by atoms with van der Waals surface area (Å²) >= 11 is 0. The molecule has 0 amide bonds. The molecule has 2 aromatic rings. The lowest BCUT2D eigenvalue weighted by atomic mass is 10.1. The summed E-state index contributed by atoms with van der Waals surface area (Å²) in [7, 11) is 1.36. The number of nitriles is 1. The Morgan fingerprint density at radius 3 is 2.57 bits per heavy atom. The summed E-state index contributed by atoms with van der Waals surface area (Å²) in [6.45, 7) is 1.87. The molecule has 0 aliphatic rings. The zero-order chi connectivity index (χ0) is 15.4. The van der Waals surface area contributed by atoms with Gasteiger partial charge in [-0.05, 0) is 36.8 Å². The van der Waals surface area contributed by atoms with Gasteiger partial charge in [0.2, 0.25) is 0 Å². The first-order valence-electron chi connectivity index (χ1n) is 6.06. The van der Waals surface area contributed by atoms with Crippen molar-refractivity contribution in [1.82, 2.24) is 0 Å². The van der Waals surface area contributed by atoms with E-state index < -0.39 is 4.92 Å². The lowest BCUT2D eigenvalue weighted by Gasteiger charge is -2.09. The number of hydrogen-bond acceptors (Lipinski definition) is 5. The zero-order valence-corrected chi connectivity index (χ0v) is 11.5. The van der Waals surface area contributed by atoms with E-state index in [0.29, 0.717) is 11.3 Å². The van der Waals surface area contributed by atoms with Crippen LogP contribution in [0.2, 0.25) is 0 Å². The van der Waals surface area contributed by atoms with E-state index in [1.807, 2.05) is 13.0 Å². The maximum Gasteiger partial charge on any atom is 0.314 e. The number of nitro benzene ring substituents is 1. The predicted octanol–water partition coefficient (Wildman–Crippen LogP) is 3.58. The number of hydrogen-bond donors (Lipinski definition) is 0. The second-order valence-corrected chi connectivity index (χ2v) is 4.30. The van der Waals surface area contributed by atoms with Gasteiger partial charge in [0.25, 0.3) is 0 Å². The fourth-order valence-corrected chi connectivity index (χ4v) is 1.81. The van der Waals surface area contributed by atoms with Crippen LogP contribution in [-0.4, -0.2) is 12.0 Å². The van der Waals surface area contributed by atoms with Crippen LogP contribution >= 0.6 is 0 Å². The number of ether oxygens (including phenoxy) is 2. The Hall–Kier alpha value is -3.07. The van der Waals surface area contributed by atoms with E-state index in [1.54, 1.807) is 24.3 Å². The summed E-state index contributed by atoms with van der Waals surface area (Å²) in [4.78, 5) is 10.4. The number of methoxy groups -OCH3 is 1. The van der Waals surface area contributed by atoms with Crippen LogP contribution in [0.25, 0.3) is 0 Å². The predicted molar refractivity (Wildman–Crippen MR) is 75.6 cm³/mol. The summed E-state index contributed by atoms with van der Waals surface area (Å²) < 4.78 is 10.5. The standard InChI is InChI=1S/C15H12N2O4/c1-10-3-4-11(9-16)15(7-10)21-12-5-6-14(20-2)13(8-12)17(18)19/h3-8H,1-2H3. The van der Waals surface area contributed by atoms with Crippen LogP contribution in [0.5, 0.6) is 17.2 Å². The molecule has 0 spiro atoms. The Morgan fingerprint density at radius 2 is 1.95 bits per heavy atom. The Labute approximate surface area is 121 Å². The first kappa shape index (κ1) is 14.3.